The van der Waals surface area contributed by atoms with Gasteiger partial charge < -0.3 is 4.42 Å². The number of nitrogens with zero attached hydrogens (tertiary/aromatic N) is 2. The Labute approximate surface area is 125 Å². The number of hydrogen-bond donors (Lipinski definition) is 0. The van der Waals surface area contributed by atoms with Crippen LogP contribution in [0.5, 0.6) is 0 Å². The predicted octanol–water partition coefficient (Wildman–Crippen LogP) is 3.74. The van der Waals surface area contributed by atoms with Gasteiger partial charge in [-0.25, -0.2) is 5.01 Å². The molecule has 0 aliphatic carbocycles. The van der Waals surface area contributed by atoms with Crippen LogP contribution in [0.2, 0.25) is 0 Å². The molecule has 1 aromatic heterocycles. The van der Waals surface area contributed by atoms with Gasteiger partial charge in [0.1, 0.15) is 11.5 Å². The molecule has 5 heteroatoms. The van der Waals surface area contributed by atoms with Crippen LogP contribution in [0, 0.1) is 0 Å². The molecule has 102 valence electrons. The zero-order valence-electron chi connectivity index (χ0n) is 10.9. The number of amides is 1. The second kappa shape index (κ2) is 5.25. The van der Waals surface area contributed by atoms with Gasteiger partial charge in [-0.15, -0.1) is 0 Å². The summed E-state index contributed by atoms with van der Waals surface area (Å²) in [5, 5.41) is 5.93. The van der Waals surface area contributed by atoms with Crippen molar-refractivity contribution in [3.63, 3.8) is 0 Å². The van der Waals surface area contributed by atoms with Gasteiger partial charge in [-0.1, -0.05) is 28.1 Å². The first-order valence-corrected chi connectivity index (χ1v) is 7.11. The van der Waals surface area contributed by atoms with E-state index in [1.807, 2.05) is 36.4 Å². The fraction of sp³-hybridized carbons (Fsp3) is 0.200. The lowest BCUT2D eigenvalue weighted by atomic mass is 10.0. The van der Waals surface area contributed by atoms with E-state index in [4.69, 9.17) is 4.42 Å². The lowest BCUT2D eigenvalue weighted by Crippen LogP contribution is -2.24. The van der Waals surface area contributed by atoms with Crippen molar-refractivity contribution >= 4 is 27.5 Å². The van der Waals surface area contributed by atoms with E-state index in [0.29, 0.717) is 6.42 Å². The van der Waals surface area contributed by atoms with Crippen molar-refractivity contribution in [2.24, 2.45) is 5.10 Å². The molecule has 1 aliphatic heterocycles. The van der Waals surface area contributed by atoms with Crippen molar-refractivity contribution < 1.29 is 9.21 Å². The predicted molar refractivity (Wildman–Crippen MR) is 79.3 cm³/mol. The quantitative estimate of drug-likeness (QED) is 0.840. The smallest absolute Gasteiger partial charge is 0.240 e. The molecule has 0 unspecified atom stereocenters. The molecule has 0 spiro atoms. The van der Waals surface area contributed by atoms with E-state index in [2.05, 4.69) is 21.0 Å². The number of carbonyl (C=O) groups excluding carboxylic acids is 1. The molecule has 1 aliphatic rings. The van der Waals surface area contributed by atoms with Gasteiger partial charge >= 0.3 is 0 Å². The van der Waals surface area contributed by atoms with Crippen LogP contribution in [0.15, 0.2) is 56.7 Å². The second-order valence-corrected chi connectivity index (χ2v) is 5.57. The van der Waals surface area contributed by atoms with Crippen molar-refractivity contribution in [1.82, 2.24) is 5.01 Å². The minimum atomic E-state index is -0.0699. The Morgan fingerprint density at radius 1 is 1.35 bits per heavy atom. The van der Waals surface area contributed by atoms with E-state index in [1.54, 1.807) is 6.26 Å². The van der Waals surface area contributed by atoms with Crippen LogP contribution in [-0.2, 0) is 4.79 Å². The fourth-order valence-electron chi connectivity index (χ4n) is 2.34. The summed E-state index contributed by atoms with van der Waals surface area (Å²) in [6.45, 7) is 1.53. The van der Waals surface area contributed by atoms with E-state index < -0.39 is 0 Å². The molecule has 2 aromatic rings. The molecule has 20 heavy (non-hydrogen) atoms. The molecule has 1 aromatic carbocycles. The van der Waals surface area contributed by atoms with Crippen molar-refractivity contribution in [2.75, 3.05) is 0 Å². The normalized spacial score (nSPS) is 18.2. The molecule has 0 bridgehead atoms. The molecule has 3 rings (SSSR count). The molecular formula is C15H13BrN2O2. The molecule has 4 nitrogen and oxygen atoms in total. The van der Waals surface area contributed by atoms with Crippen LogP contribution in [-0.4, -0.2) is 16.6 Å². The number of benzene rings is 1. The zero-order valence-corrected chi connectivity index (χ0v) is 12.5. The Balaban J connectivity index is 1.93. The van der Waals surface area contributed by atoms with Crippen LogP contribution in [0.25, 0.3) is 0 Å². The molecule has 1 amide bonds. The molecule has 0 fully saturated rings. The van der Waals surface area contributed by atoms with Crippen LogP contribution in [0.1, 0.15) is 30.7 Å². The fourth-order valence-corrected chi connectivity index (χ4v) is 2.60. The summed E-state index contributed by atoms with van der Waals surface area (Å²) in [5.41, 5.74) is 1.87. The van der Waals surface area contributed by atoms with E-state index in [-0.39, 0.29) is 11.9 Å². The SMILES string of the molecule is CC(=O)N1N=C(c2ccco2)C[C@@H]1c1ccc(Br)cc1. The third-order valence-electron chi connectivity index (χ3n) is 3.29. The van der Waals surface area contributed by atoms with E-state index in [9.17, 15) is 4.79 Å². The topological polar surface area (TPSA) is 45.8 Å². The van der Waals surface area contributed by atoms with E-state index in [0.717, 1.165) is 21.5 Å². The highest BCUT2D eigenvalue weighted by atomic mass is 79.9. The Hall–Kier alpha value is -1.88. The molecule has 1 atom stereocenters. The van der Waals surface area contributed by atoms with Crippen LogP contribution in [0.4, 0.5) is 0 Å². The first-order valence-electron chi connectivity index (χ1n) is 6.32. The number of hydrogen-bond acceptors (Lipinski definition) is 3. The molecule has 2 heterocycles. The van der Waals surface area contributed by atoms with Crippen LogP contribution < -0.4 is 0 Å². The van der Waals surface area contributed by atoms with Gasteiger partial charge in [0, 0.05) is 17.8 Å². The summed E-state index contributed by atoms with van der Waals surface area (Å²) in [6.07, 6.45) is 2.28. The molecule has 0 radical (unpaired) electrons. The molecule has 0 saturated heterocycles. The summed E-state index contributed by atoms with van der Waals surface area (Å²) in [5.74, 6) is 0.648. The highest BCUT2D eigenvalue weighted by molar-refractivity contribution is 9.10. The number of halogens is 1. The summed E-state index contributed by atoms with van der Waals surface area (Å²) in [4.78, 5) is 11.8. The number of furan rings is 1. The third kappa shape index (κ3) is 2.41. The van der Waals surface area contributed by atoms with E-state index >= 15 is 0 Å². The highest BCUT2D eigenvalue weighted by Crippen LogP contribution is 2.33. The van der Waals surface area contributed by atoms with Gasteiger partial charge in [-0.05, 0) is 29.8 Å². The van der Waals surface area contributed by atoms with Crippen molar-refractivity contribution in [1.29, 1.82) is 0 Å². The monoisotopic (exact) mass is 332 g/mol. The largest absolute Gasteiger partial charge is 0.463 e. The first-order chi connectivity index (χ1) is 9.65. The summed E-state index contributed by atoms with van der Waals surface area (Å²) < 4.78 is 6.39. The van der Waals surface area contributed by atoms with Crippen LogP contribution >= 0.6 is 15.9 Å². The average molecular weight is 333 g/mol. The van der Waals surface area contributed by atoms with E-state index in [1.165, 1.54) is 11.9 Å². The van der Waals surface area contributed by atoms with Crippen molar-refractivity contribution in [3.8, 4) is 0 Å². The number of hydrazone groups is 1. The highest BCUT2D eigenvalue weighted by Gasteiger charge is 2.32. The maximum Gasteiger partial charge on any atom is 0.240 e. The lowest BCUT2D eigenvalue weighted by molar-refractivity contribution is -0.130. The Morgan fingerprint density at radius 3 is 2.70 bits per heavy atom. The Morgan fingerprint density at radius 2 is 2.10 bits per heavy atom. The van der Waals surface area contributed by atoms with Gasteiger partial charge in [0.2, 0.25) is 5.91 Å². The van der Waals surface area contributed by atoms with Gasteiger partial charge in [0.05, 0.1) is 12.3 Å². The lowest BCUT2D eigenvalue weighted by Gasteiger charge is -2.20. The third-order valence-corrected chi connectivity index (χ3v) is 3.82. The maximum atomic E-state index is 11.8. The number of rotatable bonds is 2. The minimum absolute atomic E-state index is 0.0688. The molecule has 0 N–H and O–H groups in total. The molecule has 0 saturated carbocycles. The first kappa shape index (κ1) is 13.1. The summed E-state index contributed by atoms with van der Waals surface area (Å²) in [6, 6.07) is 11.6. The van der Waals surface area contributed by atoms with Gasteiger partial charge in [0.25, 0.3) is 0 Å². The molecular weight excluding hydrogens is 320 g/mol. The van der Waals surface area contributed by atoms with Crippen LogP contribution in [0.3, 0.4) is 0 Å². The standard InChI is InChI=1S/C15H13BrN2O2/c1-10(19)18-14(11-4-6-12(16)7-5-11)9-13(17-18)15-3-2-8-20-15/h2-8,14H,9H2,1H3/t14-/m1/s1. The van der Waals surface area contributed by atoms with Gasteiger partial charge in [-0.2, -0.15) is 5.10 Å². The zero-order chi connectivity index (χ0) is 14.1. The Kier molecular flexibility index (Phi) is 3.44. The summed E-state index contributed by atoms with van der Waals surface area (Å²) in [7, 11) is 0. The summed E-state index contributed by atoms with van der Waals surface area (Å²) >= 11 is 3.42. The van der Waals surface area contributed by atoms with Gasteiger partial charge in [0.15, 0.2) is 0 Å². The maximum absolute atomic E-state index is 11.8. The van der Waals surface area contributed by atoms with Crippen molar-refractivity contribution in [2.45, 2.75) is 19.4 Å². The second-order valence-electron chi connectivity index (χ2n) is 4.66. The average Bonchev–Trinajstić information content (AvgIpc) is 3.08. The van der Waals surface area contributed by atoms with Gasteiger partial charge in [-0.3, -0.25) is 4.79 Å². The minimum Gasteiger partial charge on any atom is -0.463 e. The Bertz CT molecular complexity index is 647. The van der Waals surface area contributed by atoms with Crippen molar-refractivity contribution in [3.05, 3.63) is 58.5 Å². The number of carbonyl (C=O) groups is 1.